The summed E-state index contributed by atoms with van der Waals surface area (Å²) >= 11 is 7.12. The van der Waals surface area contributed by atoms with E-state index in [0.717, 1.165) is 19.4 Å². The molecule has 3 rings (SSSR count). The molecule has 2 aromatic rings. The smallest absolute Gasteiger partial charge is 0.277 e. The Morgan fingerprint density at radius 1 is 1.26 bits per heavy atom. The Balaban J connectivity index is 1.46. The molecule has 0 N–H and O–H groups in total. The van der Waals surface area contributed by atoms with Gasteiger partial charge in [0.15, 0.2) is 6.61 Å². The maximum absolute atomic E-state index is 12.6. The predicted octanol–water partition coefficient (Wildman–Crippen LogP) is 4.58. The van der Waals surface area contributed by atoms with Gasteiger partial charge in [-0.15, -0.1) is 10.2 Å². The van der Waals surface area contributed by atoms with Crippen molar-refractivity contribution in [2.75, 3.05) is 12.3 Å². The van der Waals surface area contributed by atoms with Gasteiger partial charge >= 0.3 is 0 Å². The minimum Gasteiger partial charge on any atom is -0.484 e. The standard InChI is InChI=1S/C19H24ClN3O3S/c1-2-23(15-6-4-3-5-7-15)18(24)13-27-19-22-21-17(26-19)12-25-16-10-8-14(20)9-11-16/h8-11,15H,2-7,12-13H2,1H3. The second-order valence-electron chi connectivity index (χ2n) is 6.46. The van der Waals surface area contributed by atoms with Crippen LogP contribution < -0.4 is 4.74 Å². The Bertz CT molecular complexity index is 732. The molecule has 6 nitrogen and oxygen atoms in total. The van der Waals surface area contributed by atoms with Gasteiger partial charge in [-0.05, 0) is 44.0 Å². The number of hydrogen-bond donors (Lipinski definition) is 0. The molecule has 0 unspecified atom stereocenters. The molecular weight excluding hydrogens is 386 g/mol. The van der Waals surface area contributed by atoms with Crippen LogP contribution in [-0.4, -0.2) is 39.3 Å². The summed E-state index contributed by atoms with van der Waals surface area (Å²) in [6, 6.07) is 7.44. The monoisotopic (exact) mass is 409 g/mol. The second-order valence-corrected chi connectivity index (χ2v) is 7.83. The molecule has 0 saturated heterocycles. The first-order chi connectivity index (χ1) is 13.2. The lowest BCUT2D eigenvalue weighted by Crippen LogP contribution is -2.42. The van der Waals surface area contributed by atoms with Gasteiger partial charge < -0.3 is 14.1 Å². The van der Waals surface area contributed by atoms with Crippen molar-refractivity contribution in [1.29, 1.82) is 0 Å². The Morgan fingerprint density at radius 3 is 2.70 bits per heavy atom. The topological polar surface area (TPSA) is 68.5 Å². The number of ether oxygens (including phenoxy) is 1. The summed E-state index contributed by atoms with van der Waals surface area (Å²) in [4.78, 5) is 14.6. The van der Waals surface area contributed by atoms with Crippen LogP contribution in [0.3, 0.4) is 0 Å². The molecule has 0 radical (unpaired) electrons. The molecule has 1 amide bonds. The van der Waals surface area contributed by atoms with Crippen molar-refractivity contribution in [1.82, 2.24) is 15.1 Å². The van der Waals surface area contributed by atoms with Crippen molar-refractivity contribution < 1.29 is 13.9 Å². The lowest BCUT2D eigenvalue weighted by molar-refractivity contribution is -0.131. The Hall–Kier alpha value is -1.73. The van der Waals surface area contributed by atoms with E-state index < -0.39 is 0 Å². The fourth-order valence-electron chi connectivity index (χ4n) is 3.27. The van der Waals surface area contributed by atoms with Crippen molar-refractivity contribution in [3.63, 3.8) is 0 Å². The van der Waals surface area contributed by atoms with E-state index in [9.17, 15) is 4.79 Å². The molecule has 27 heavy (non-hydrogen) atoms. The van der Waals surface area contributed by atoms with E-state index in [1.165, 1.54) is 31.0 Å². The van der Waals surface area contributed by atoms with Crippen molar-refractivity contribution in [3.05, 3.63) is 35.2 Å². The first kappa shape index (κ1) is 20.0. The summed E-state index contributed by atoms with van der Waals surface area (Å²) in [7, 11) is 0. The highest BCUT2D eigenvalue weighted by atomic mass is 35.5. The van der Waals surface area contributed by atoms with Crippen LogP contribution >= 0.6 is 23.4 Å². The highest BCUT2D eigenvalue weighted by Crippen LogP contribution is 2.24. The van der Waals surface area contributed by atoms with Crippen LogP contribution in [0.4, 0.5) is 0 Å². The summed E-state index contributed by atoms with van der Waals surface area (Å²) in [5.74, 6) is 1.49. The van der Waals surface area contributed by atoms with Gasteiger partial charge in [-0.1, -0.05) is 42.6 Å². The van der Waals surface area contributed by atoms with Crippen molar-refractivity contribution in [2.45, 2.75) is 56.9 Å². The molecule has 1 aliphatic rings. The number of thioether (sulfide) groups is 1. The van der Waals surface area contributed by atoms with Gasteiger partial charge in [0.25, 0.3) is 11.1 Å². The number of carbonyl (C=O) groups excluding carboxylic acids is 1. The number of amides is 1. The lowest BCUT2D eigenvalue weighted by atomic mass is 9.94. The van der Waals surface area contributed by atoms with Crippen molar-refractivity contribution in [2.24, 2.45) is 0 Å². The minimum absolute atomic E-state index is 0.131. The quantitative estimate of drug-likeness (QED) is 0.594. The van der Waals surface area contributed by atoms with Crippen LogP contribution in [0.1, 0.15) is 44.9 Å². The van der Waals surface area contributed by atoms with Crippen LogP contribution in [0.5, 0.6) is 5.75 Å². The molecule has 0 spiro atoms. The average molecular weight is 410 g/mol. The molecule has 146 valence electrons. The van der Waals surface area contributed by atoms with E-state index >= 15 is 0 Å². The third-order valence-corrected chi connectivity index (χ3v) is 5.68. The van der Waals surface area contributed by atoms with E-state index in [1.807, 2.05) is 11.8 Å². The van der Waals surface area contributed by atoms with Gasteiger partial charge in [0.05, 0.1) is 5.75 Å². The Kier molecular flexibility index (Phi) is 7.41. The van der Waals surface area contributed by atoms with Gasteiger partial charge in [-0.2, -0.15) is 0 Å². The van der Waals surface area contributed by atoms with Crippen LogP contribution in [-0.2, 0) is 11.4 Å². The third-order valence-electron chi connectivity index (χ3n) is 4.62. The first-order valence-corrected chi connectivity index (χ1v) is 10.6. The van der Waals surface area contributed by atoms with Gasteiger partial charge in [-0.3, -0.25) is 4.79 Å². The maximum atomic E-state index is 12.6. The molecule has 0 bridgehead atoms. The highest BCUT2D eigenvalue weighted by molar-refractivity contribution is 7.99. The molecular formula is C19H24ClN3O3S. The van der Waals surface area contributed by atoms with Crippen LogP contribution in [0.25, 0.3) is 0 Å². The number of benzene rings is 1. The molecule has 1 fully saturated rings. The number of carbonyl (C=O) groups is 1. The molecule has 1 aromatic heterocycles. The van der Waals surface area contributed by atoms with Gasteiger partial charge in [0.2, 0.25) is 5.91 Å². The van der Waals surface area contributed by atoms with Crippen molar-refractivity contribution in [3.8, 4) is 5.75 Å². The summed E-state index contributed by atoms with van der Waals surface area (Å²) in [6.07, 6.45) is 5.91. The van der Waals surface area contributed by atoms with Crippen LogP contribution in [0, 0.1) is 0 Å². The zero-order chi connectivity index (χ0) is 19.1. The maximum Gasteiger partial charge on any atom is 0.277 e. The second kappa shape index (κ2) is 9.99. The van der Waals surface area contributed by atoms with E-state index in [-0.39, 0.29) is 12.5 Å². The molecule has 1 aliphatic carbocycles. The first-order valence-electron chi connectivity index (χ1n) is 9.28. The number of rotatable bonds is 8. The summed E-state index contributed by atoms with van der Waals surface area (Å²) < 4.78 is 11.1. The lowest BCUT2D eigenvalue weighted by Gasteiger charge is -2.33. The zero-order valence-electron chi connectivity index (χ0n) is 15.4. The SMILES string of the molecule is CCN(C(=O)CSc1nnc(COc2ccc(Cl)cc2)o1)C1CCCCC1. The number of aromatic nitrogens is 2. The molecule has 8 heteroatoms. The van der Waals surface area contributed by atoms with Crippen LogP contribution in [0.2, 0.25) is 5.02 Å². The number of hydrogen-bond acceptors (Lipinski definition) is 6. The molecule has 1 saturated carbocycles. The Labute approximate surface area is 168 Å². The Morgan fingerprint density at radius 2 is 2.00 bits per heavy atom. The third kappa shape index (κ3) is 5.87. The van der Waals surface area contributed by atoms with Crippen molar-refractivity contribution >= 4 is 29.3 Å². The fraction of sp³-hybridized carbons (Fsp3) is 0.526. The summed E-state index contributed by atoms with van der Waals surface area (Å²) in [5, 5.41) is 8.99. The predicted molar refractivity (Wildman–Crippen MR) is 105 cm³/mol. The molecule has 1 aromatic carbocycles. The molecule has 0 atom stereocenters. The van der Waals surface area contributed by atoms with Crippen LogP contribution in [0.15, 0.2) is 33.9 Å². The van der Waals surface area contributed by atoms with Gasteiger partial charge in [-0.25, -0.2) is 0 Å². The minimum atomic E-state index is 0.131. The van der Waals surface area contributed by atoms with E-state index in [0.29, 0.717) is 33.7 Å². The largest absolute Gasteiger partial charge is 0.484 e. The molecule has 0 aliphatic heterocycles. The van der Waals surface area contributed by atoms with Gasteiger partial charge in [0, 0.05) is 17.6 Å². The zero-order valence-corrected chi connectivity index (χ0v) is 17.0. The number of nitrogens with zero attached hydrogens (tertiary/aromatic N) is 3. The normalized spacial score (nSPS) is 14.9. The van der Waals surface area contributed by atoms with Gasteiger partial charge in [0.1, 0.15) is 5.75 Å². The summed E-state index contributed by atoms with van der Waals surface area (Å²) in [5.41, 5.74) is 0. The molecule has 1 heterocycles. The van der Waals surface area contributed by atoms with E-state index in [1.54, 1.807) is 24.3 Å². The number of halogens is 1. The summed E-state index contributed by atoms with van der Waals surface area (Å²) in [6.45, 7) is 2.95. The van der Waals surface area contributed by atoms with E-state index in [4.69, 9.17) is 20.8 Å². The average Bonchev–Trinajstić information content (AvgIpc) is 3.15. The van der Waals surface area contributed by atoms with E-state index in [2.05, 4.69) is 10.2 Å². The fourth-order valence-corrected chi connectivity index (χ4v) is 4.06. The highest BCUT2D eigenvalue weighted by Gasteiger charge is 2.24.